The molecule has 1 fully saturated rings. The third kappa shape index (κ3) is 24.9. The molecule has 0 spiro atoms. The molecule has 1 aliphatic heterocycles. The zero-order valence-corrected chi connectivity index (χ0v) is 32.1. The number of aliphatic hydroxyl groups excluding tert-OH is 4. The number of rotatable bonds is 33. The Labute approximate surface area is 309 Å². The van der Waals surface area contributed by atoms with Crippen molar-refractivity contribution in [2.24, 2.45) is 0 Å². The number of esters is 2. The molecule has 1 heterocycles. The quantitative estimate of drug-likeness (QED) is 0.0300. The highest BCUT2D eigenvalue weighted by molar-refractivity contribution is 5.70. The molecule has 4 N–H and O–H groups in total. The van der Waals surface area contributed by atoms with Crippen LogP contribution >= 0.6 is 0 Å². The number of allylic oxidation sites excluding steroid dienone is 4. The van der Waals surface area contributed by atoms with Crippen molar-refractivity contribution in [3.63, 3.8) is 0 Å². The summed E-state index contributed by atoms with van der Waals surface area (Å²) in [5.74, 6) is -0.816. The predicted molar refractivity (Wildman–Crippen MR) is 201 cm³/mol. The lowest BCUT2D eigenvalue weighted by atomic mass is 9.99. The van der Waals surface area contributed by atoms with Crippen molar-refractivity contribution in [3.8, 4) is 0 Å². The first kappa shape index (κ1) is 47.2. The molecule has 1 aliphatic rings. The van der Waals surface area contributed by atoms with Crippen LogP contribution in [0.2, 0.25) is 0 Å². The third-order valence-electron chi connectivity index (χ3n) is 9.34. The van der Waals surface area contributed by atoms with Gasteiger partial charge < -0.3 is 39.4 Å². The molecule has 298 valence electrons. The summed E-state index contributed by atoms with van der Waals surface area (Å²) in [6.45, 7) is 3.33. The number of hydrogen-bond acceptors (Lipinski definition) is 10. The fourth-order valence-electron chi connectivity index (χ4n) is 6.04. The van der Waals surface area contributed by atoms with E-state index in [0.29, 0.717) is 6.42 Å². The maximum absolute atomic E-state index is 12.7. The van der Waals surface area contributed by atoms with Crippen LogP contribution in [-0.4, -0.2) is 89.0 Å². The average molecular weight is 727 g/mol. The molecule has 0 radical (unpaired) electrons. The third-order valence-corrected chi connectivity index (χ3v) is 9.34. The van der Waals surface area contributed by atoms with E-state index in [0.717, 1.165) is 57.8 Å². The normalized spacial score (nSPS) is 21.4. The van der Waals surface area contributed by atoms with Gasteiger partial charge in [-0.3, -0.25) is 9.59 Å². The van der Waals surface area contributed by atoms with Crippen LogP contribution in [0.1, 0.15) is 168 Å². The molecule has 0 saturated carbocycles. The number of carbonyl (C=O) groups excluding carboxylic acids is 2. The molecule has 51 heavy (non-hydrogen) atoms. The van der Waals surface area contributed by atoms with Crippen LogP contribution in [0, 0.1) is 0 Å². The van der Waals surface area contributed by atoms with Crippen molar-refractivity contribution in [2.45, 2.75) is 205 Å². The zero-order valence-electron chi connectivity index (χ0n) is 32.1. The Kier molecular flexibility index (Phi) is 30.4. The Morgan fingerprint density at radius 1 is 0.608 bits per heavy atom. The summed E-state index contributed by atoms with van der Waals surface area (Å²) >= 11 is 0. The summed E-state index contributed by atoms with van der Waals surface area (Å²) in [7, 11) is 0. The highest BCUT2D eigenvalue weighted by Gasteiger charge is 2.44. The van der Waals surface area contributed by atoms with Gasteiger partial charge in [0.2, 0.25) is 0 Å². The Balaban J connectivity index is 2.31. The standard InChI is InChI=1S/C41H74O10/c1-3-5-7-9-11-12-13-14-15-16-17-18-19-20-21-22-24-26-28-30-37(44)50-34(32-48-36(43)29-27-25-23-10-8-6-4-2)33-49-41-40(47)39(46)38(45)35(31-42)51-41/h11-12,14-15,34-35,38-42,45-47H,3-10,13,16-33H2,1-2H3/b12-11-,15-14-. The zero-order chi connectivity index (χ0) is 37.4. The average Bonchev–Trinajstić information content (AvgIpc) is 3.13. The van der Waals surface area contributed by atoms with E-state index < -0.39 is 49.4 Å². The van der Waals surface area contributed by atoms with Crippen molar-refractivity contribution >= 4 is 11.9 Å². The second kappa shape index (κ2) is 32.8. The van der Waals surface area contributed by atoms with Crippen molar-refractivity contribution in [1.82, 2.24) is 0 Å². The molecule has 10 heteroatoms. The largest absolute Gasteiger partial charge is 0.462 e. The predicted octanol–water partition coefficient (Wildman–Crippen LogP) is 7.77. The maximum Gasteiger partial charge on any atom is 0.306 e. The summed E-state index contributed by atoms with van der Waals surface area (Å²) in [4.78, 5) is 25.1. The monoisotopic (exact) mass is 727 g/mol. The lowest BCUT2D eigenvalue weighted by Gasteiger charge is -2.39. The Morgan fingerprint density at radius 2 is 1.10 bits per heavy atom. The van der Waals surface area contributed by atoms with Crippen LogP contribution in [0.3, 0.4) is 0 Å². The number of hydrogen-bond donors (Lipinski definition) is 4. The second-order valence-corrected chi connectivity index (χ2v) is 14.1. The maximum atomic E-state index is 12.7. The fraction of sp³-hybridized carbons (Fsp3) is 0.854. The van der Waals surface area contributed by atoms with Crippen molar-refractivity contribution in [1.29, 1.82) is 0 Å². The highest BCUT2D eigenvalue weighted by atomic mass is 16.7. The summed E-state index contributed by atoms with van der Waals surface area (Å²) in [6, 6.07) is 0. The van der Waals surface area contributed by atoms with E-state index in [-0.39, 0.29) is 32.0 Å². The molecule has 6 atom stereocenters. The van der Waals surface area contributed by atoms with Gasteiger partial charge in [0.1, 0.15) is 31.0 Å². The van der Waals surface area contributed by atoms with Crippen molar-refractivity contribution in [2.75, 3.05) is 19.8 Å². The molecular formula is C41H74O10. The van der Waals surface area contributed by atoms with E-state index >= 15 is 0 Å². The molecule has 0 aliphatic carbocycles. The fourth-order valence-corrected chi connectivity index (χ4v) is 6.04. The smallest absolute Gasteiger partial charge is 0.306 e. The Bertz CT molecular complexity index is 892. The molecule has 1 saturated heterocycles. The van der Waals surface area contributed by atoms with Gasteiger partial charge in [-0.25, -0.2) is 0 Å². The topological polar surface area (TPSA) is 152 Å². The van der Waals surface area contributed by atoms with Crippen LogP contribution in [0.4, 0.5) is 0 Å². The van der Waals surface area contributed by atoms with E-state index in [1.54, 1.807) is 0 Å². The summed E-state index contributed by atoms with van der Waals surface area (Å²) < 4.78 is 22.0. The molecule has 1 rings (SSSR count). The van der Waals surface area contributed by atoms with E-state index in [1.807, 2.05) is 0 Å². The van der Waals surface area contributed by atoms with Gasteiger partial charge >= 0.3 is 11.9 Å². The SMILES string of the molecule is CCCCC/C=C\C/C=C\CCCCCCCCCCCC(=O)OC(COC(=O)CCCCCCCCC)COC1OC(CO)C(O)C(O)C1O. The van der Waals surface area contributed by atoms with Gasteiger partial charge in [-0.1, -0.05) is 134 Å². The Morgan fingerprint density at radius 3 is 1.67 bits per heavy atom. The minimum Gasteiger partial charge on any atom is -0.462 e. The lowest BCUT2D eigenvalue weighted by molar-refractivity contribution is -0.305. The molecular weight excluding hydrogens is 652 g/mol. The lowest BCUT2D eigenvalue weighted by Crippen LogP contribution is -2.59. The number of unbranched alkanes of at least 4 members (excludes halogenated alkanes) is 18. The minimum atomic E-state index is -1.59. The van der Waals surface area contributed by atoms with Crippen LogP contribution in [0.5, 0.6) is 0 Å². The molecule has 6 unspecified atom stereocenters. The van der Waals surface area contributed by atoms with Crippen molar-refractivity contribution in [3.05, 3.63) is 24.3 Å². The van der Waals surface area contributed by atoms with Gasteiger partial charge in [-0.15, -0.1) is 0 Å². The molecule has 0 aromatic heterocycles. The van der Waals surface area contributed by atoms with Gasteiger partial charge in [0.15, 0.2) is 12.4 Å². The molecule has 10 nitrogen and oxygen atoms in total. The Hall–Kier alpha value is -1.82. The first-order valence-corrected chi connectivity index (χ1v) is 20.4. The van der Waals surface area contributed by atoms with Gasteiger partial charge in [-0.2, -0.15) is 0 Å². The molecule has 0 amide bonds. The highest BCUT2D eigenvalue weighted by Crippen LogP contribution is 2.22. The van der Waals surface area contributed by atoms with Gasteiger partial charge in [-0.05, 0) is 44.9 Å². The number of carbonyl (C=O) groups is 2. The van der Waals surface area contributed by atoms with Crippen LogP contribution in [-0.2, 0) is 28.5 Å². The van der Waals surface area contributed by atoms with E-state index in [1.165, 1.54) is 77.0 Å². The van der Waals surface area contributed by atoms with Crippen molar-refractivity contribution < 1.29 is 49.0 Å². The summed E-state index contributed by atoms with van der Waals surface area (Å²) in [5.41, 5.74) is 0. The summed E-state index contributed by atoms with van der Waals surface area (Å²) in [5, 5.41) is 39.9. The minimum absolute atomic E-state index is 0.217. The van der Waals surface area contributed by atoms with Crippen LogP contribution < -0.4 is 0 Å². The number of aliphatic hydroxyl groups is 4. The van der Waals surface area contributed by atoms with Gasteiger partial charge in [0.05, 0.1) is 13.2 Å². The molecule has 0 aromatic carbocycles. The molecule has 0 bridgehead atoms. The second-order valence-electron chi connectivity index (χ2n) is 14.1. The molecule has 0 aromatic rings. The van der Waals surface area contributed by atoms with Gasteiger partial charge in [0, 0.05) is 12.8 Å². The number of ether oxygens (including phenoxy) is 4. The van der Waals surface area contributed by atoms with Crippen LogP contribution in [0.15, 0.2) is 24.3 Å². The first-order valence-electron chi connectivity index (χ1n) is 20.4. The van der Waals surface area contributed by atoms with Gasteiger partial charge in [0.25, 0.3) is 0 Å². The summed E-state index contributed by atoms with van der Waals surface area (Å²) in [6.07, 6.45) is 26.4. The van der Waals surface area contributed by atoms with E-state index in [4.69, 9.17) is 18.9 Å². The van der Waals surface area contributed by atoms with Crippen LogP contribution in [0.25, 0.3) is 0 Å². The van der Waals surface area contributed by atoms with E-state index in [9.17, 15) is 30.0 Å². The van der Waals surface area contributed by atoms with E-state index in [2.05, 4.69) is 38.2 Å². The first-order chi connectivity index (χ1) is 24.8.